The Bertz CT molecular complexity index is 772. The summed E-state index contributed by atoms with van der Waals surface area (Å²) in [6.45, 7) is 5.99. The molecule has 8 nitrogen and oxygen atoms in total. The molecule has 0 fully saturated rings. The van der Waals surface area contributed by atoms with E-state index in [9.17, 15) is 0 Å². The van der Waals surface area contributed by atoms with Crippen molar-refractivity contribution in [3.8, 4) is 11.9 Å². The third-order valence-electron chi connectivity index (χ3n) is 3.39. The highest BCUT2D eigenvalue weighted by Crippen LogP contribution is 2.15. The molecule has 3 rings (SSSR count). The van der Waals surface area contributed by atoms with Crippen molar-refractivity contribution >= 4 is 5.95 Å². The Labute approximate surface area is 121 Å². The van der Waals surface area contributed by atoms with Crippen molar-refractivity contribution in [3.63, 3.8) is 0 Å². The van der Waals surface area contributed by atoms with Gasteiger partial charge in [-0.3, -0.25) is 0 Å². The van der Waals surface area contributed by atoms with Gasteiger partial charge < -0.3 is 5.32 Å². The average molecular weight is 284 g/mol. The number of rotatable bonds is 3. The second-order valence-corrected chi connectivity index (χ2v) is 4.67. The molecule has 0 saturated carbocycles. The Morgan fingerprint density at radius 2 is 1.81 bits per heavy atom. The fourth-order valence-electron chi connectivity index (χ4n) is 1.97. The lowest BCUT2D eigenvalue weighted by molar-refractivity contribution is 0.731. The number of anilines is 1. The summed E-state index contributed by atoms with van der Waals surface area (Å²) < 4.78 is 3.31. The molecule has 0 amide bonds. The van der Waals surface area contributed by atoms with E-state index in [2.05, 4.69) is 30.5 Å². The molecule has 0 bridgehead atoms. The Kier molecular flexibility index (Phi) is 3.13. The van der Waals surface area contributed by atoms with Crippen molar-refractivity contribution in [2.75, 3.05) is 12.4 Å². The van der Waals surface area contributed by atoms with Crippen molar-refractivity contribution in [2.24, 2.45) is 0 Å². The smallest absolute Gasteiger partial charge is 0.257 e. The number of aryl methyl sites for hydroxylation is 1. The minimum atomic E-state index is 0.444. The maximum atomic E-state index is 4.48. The Hall–Kier alpha value is -2.77. The summed E-state index contributed by atoms with van der Waals surface area (Å²) in [4.78, 5) is 13.1. The normalized spacial score (nSPS) is 10.9. The van der Waals surface area contributed by atoms with Gasteiger partial charge in [-0.15, -0.1) is 0 Å². The molecule has 0 aromatic carbocycles. The molecule has 0 spiro atoms. The largest absolute Gasteiger partial charge is 0.357 e. The van der Waals surface area contributed by atoms with E-state index in [1.54, 1.807) is 28.8 Å². The van der Waals surface area contributed by atoms with Gasteiger partial charge >= 0.3 is 0 Å². The van der Waals surface area contributed by atoms with E-state index in [-0.39, 0.29) is 0 Å². The average Bonchev–Trinajstić information content (AvgIpc) is 3.12. The number of nitrogens with zero attached hydrogens (tertiary/aromatic N) is 7. The second-order valence-electron chi connectivity index (χ2n) is 4.67. The molecule has 0 radical (unpaired) electrons. The Balaban J connectivity index is 2.18. The summed E-state index contributed by atoms with van der Waals surface area (Å²) in [6, 6.07) is 1.82. The van der Waals surface area contributed by atoms with E-state index in [1.807, 2.05) is 26.8 Å². The summed E-state index contributed by atoms with van der Waals surface area (Å²) >= 11 is 0. The highest BCUT2D eigenvalue weighted by molar-refractivity contribution is 5.34. The molecule has 3 heterocycles. The topological polar surface area (TPSA) is 86.3 Å². The number of hydrogen-bond acceptors (Lipinski definition) is 6. The minimum absolute atomic E-state index is 0.444. The number of nitrogens with one attached hydrogen (secondary N) is 1. The van der Waals surface area contributed by atoms with E-state index in [4.69, 9.17) is 0 Å². The van der Waals surface area contributed by atoms with Gasteiger partial charge in [-0.2, -0.15) is 25.1 Å². The van der Waals surface area contributed by atoms with Crippen LogP contribution in [0.15, 0.2) is 18.5 Å². The molecule has 0 unspecified atom stereocenters. The molecule has 1 N–H and O–H groups in total. The van der Waals surface area contributed by atoms with Crippen molar-refractivity contribution in [2.45, 2.75) is 20.8 Å². The third kappa shape index (κ3) is 2.24. The highest BCUT2D eigenvalue weighted by atomic mass is 15.4. The van der Waals surface area contributed by atoms with Crippen LogP contribution < -0.4 is 5.32 Å². The van der Waals surface area contributed by atoms with Crippen LogP contribution >= 0.6 is 0 Å². The van der Waals surface area contributed by atoms with Gasteiger partial charge in [0.1, 0.15) is 0 Å². The third-order valence-corrected chi connectivity index (χ3v) is 3.39. The molecule has 3 aromatic heterocycles. The van der Waals surface area contributed by atoms with Gasteiger partial charge in [0.05, 0.1) is 5.69 Å². The van der Waals surface area contributed by atoms with Crippen LogP contribution in [0.3, 0.4) is 0 Å². The van der Waals surface area contributed by atoms with Gasteiger partial charge in [-0.25, -0.2) is 9.36 Å². The highest BCUT2D eigenvalue weighted by Gasteiger charge is 2.14. The first kappa shape index (κ1) is 13.2. The first-order valence-corrected chi connectivity index (χ1v) is 6.57. The summed E-state index contributed by atoms with van der Waals surface area (Å²) in [5, 5.41) is 11.6. The molecule has 0 atom stereocenters. The second kappa shape index (κ2) is 4.97. The molecule has 0 aliphatic heterocycles. The zero-order valence-corrected chi connectivity index (χ0v) is 12.4. The molecule has 0 saturated heterocycles. The molecular formula is C13H16N8. The van der Waals surface area contributed by atoms with Gasteiger partial charge in [-0.1, -0.05) is 0 Å². The summed E-state index contributed by atoms with van der Waals surface area (Å²) in [5.41, 5.74) is 3.09. The van der Waals surface area contributed by atoms with Crippen LogP contribution in [0.1, 0.15) is 17.0 Å². The van der Waals surface area contributed by atoms with Crippen molar-refractivity contribution in [3.05, 3.63) is 35.4 Å². The van der Waals surface area contributed by atoms with Crippen LogP contribution in [0.25, 0.3) is 11.9 Å². The molecule has 21 heavy (non-hydrogen) atoms. The minimum Gasteiger partial charge on any atom is -0.357 e. The summed E-state index contributed by atoms with van der Waals surface area (Å²) in [5.74, 6) is 1.38. The first-order chi connectivity index (χ1) is 10.1. The maximum Gasteiger partial charge on any atom is 0.257 e. The van der Waals surface area contributed by atoms with Crippen LogP contribution in [-0.2, 0) is 0 Å². The van der Waals surface area contributed by atoms with Crippen LogP contribution in [0.5, 0.6) is 0 Å². The Morgan fingerprint density at radius 1 is 1.05 bits per heavy atom. The molecule has 3 aromatic rings. The predicted molar refractivity (Wildman–Crippen MR) is 77.8 cm³/mol. The number of aromatic nitrogens is 7. The SMILES string of the molecule is CNc1nc(-n2cccn2)nc(-n2nc(C)c(C)c2C)n1. The van der Waals surface area contributed by atoms with Gasteiger partial charge in [0.2, 0.25) is 5.95 Å². The van der Waals surface area contributed by atoms with Crippen LogP contribution in [0.4, 0.5) is 5.95 Å². The zero-order valence-electron chi connectivity index (χ0n) is 12.4. The van der Waals surface area contributed by atoms with Gasteiger partial charge in [-0.05, 0) is 32.4 Å². The summed E-state index contributed by atoms with van der Waals surface area (Å²) in [7, 11) is 1.76. The first-order valence-electron chi connectivity index (χ1n) is 6.57. The Morgan fingerprint density at radius 3 is 2.38 bits per heavy atom. The van der Waals surface area contributed by atoms with Crippen LogP contribution in [-0.4, -0.2) is 41.6 Å². The van der Waals surface area contributed by atoms with E-state index in [0.717, 1.165) is 17.0 Å². The van der Waals surface area contributed by atoms with E-state index in [1.165, 1.54) is 0 Å². The predicted octanol–water partition coefficient (Wildman–Crippen LogP) is 1.21. The maximum absolute atomic E-state index is 4.48. The van der Waals surface area contributed by atoms with Crippen LogP contribution in [0, 0.1) is 20.8 Å². The van der Waals surface area contributed by atoms with Crippen molar-refractivity contribution < 1.29 is 0 Å². The van der Waals surface area contributed by atoms with Crippen LogP contribution in [0.2, 0.25) is 0 Å². The summed E-state index contributed by atoms with van der Waals surface area (Å²) in [6.07, 6.45) is 3.46. The van der Waals surface area contributed by atoms with E-state index in [0.29, 0.717) is 17.8 Å². The molecular weight excluding hydrogens is 268 g/mol. The zero-order chi connectivity index (χ0) is 15.0. The number of hydrogen-bond donors (Lipinski definition) is 1. The van der Waals surface area contributed by atoms with E-state index >= 15 is 0 Å². The fraction of sp³-hybridized carbons (Fsp3) is 0.308. The lowest BCUT2D eigenvalue weighted by Gasteiger charge is -2.07. The molecule has 0 aliphatic carbocycles. The van der Waals surface area contributed by atoms with E-state index < -0.39 is 0 Å². The lowest BCUT2D eigenvalue weighted by atomic mass is 10.2. The van der Waals surface area contributed by atoms with Crippen molar-refractivity contribution in [1.29, 1.82) is 0 Å². The monoisotopic (exact) mass is 284 g/mol. The quantitative estimate of drug-likeness (QED) is 0.778. The fourth-order valence-corrected chi connectivity index (χ4v) is 1.97. The lowest BCUT2D eigenvalue weighted by Crippen LogP contribution is -2.13. The van der Waals surface area contributed by atoms with Gasteiger partial charge in [0.15, 0.2) is 0 Å². The van der Waals surface area contributed by atoms with Gasteiger partial charge in [0.25, 0.3) is 11.9 Å². The molecule has 8 heteroatoms. The van der Waals surface area contributed by atoms with Gasteiger partial charge in [0, 0.05) is 25.1 Å². The molecule has 0 aliphatic rings. The molecule has 108 valence electrons. The van der Waals surface area contributed by atoms with Crippen molar-refractivity contribution in [1.82, 2.24) is 34.5 Å². The standard InChI is InChI=1S/C13H16N8/c1-8-9(2)19-21(10(8)3)13-17-11(14-4)16-12(18-13)20-7-5-6-15-20/h5-7H,1-4H3,(H,14,16,17,18).